The summed E-state index contributed by atoms with van der Waals surface area (Å²) in [5.41, 5.74) is 2.58. The highest BCUT2D eigenvalue weighted by Crippen LogP contribution is 2.40. The number of nitrogens with one attached hydrogen (secondary N) is 2. The molecule has 0 saturated heterocycles. The van der Waals surface area contributed by atoms with Crippen LogP contribution in [0.3, 0.4) is 0 Å². The summed E-state index contributed by atoms with van der Waals surface area (Å²) < 4.78 is 13.5. The van der Waals surface area contributed by atoms with Crippen molar-refractivity contribution in [1.29, 1.82) is 0 Å². The van der Waals surface area contributed by atoms with E-state index in [1.54, 1.807) is 13.0 Å². The van der Waals surface area contributed by atoms with Crippen molar-refractivity contribution >= 4 is 17.5 Å². The second-order valence-corrected chi connectivity index (χ2v) is 7.34. The van der Waals surface area contributed by atoms with Crippen LogP contribution in [0.25, 0.3) is 0 Å². The molecule has 2 aromatic rings. The van der Waals surface area contributed by atoms with Gasteiger partial charge in [-0.05, 0) is 56.4 Å². The average Bonchev–Trinajstić information content (AvgIpc) is 3.44. The van der Waals surface area contributed by atoms with Gasteiger partial charge in [0.15, 0.2) is 0 Å². The van der Waals surface area contributed by atoms with E-state index >= 15 is 0 Å². The summed E-state index contributed by atoms with van der Waals surface area (Å²) in [5, 5.41) is 6.84. The largest absolute Gasteiger partial charge is 0.351 e. The molecule has 0 bridgehead atoms. The van der Waals surface area contributed by atoms with Crippen LogP contribution in [0.15, 0.2) is 24.3 Å². The summed E-state index contributed by atoms with van der Waals surface area (Å²) in [4.78, 5) is 9.40. The van der Waals surface area contributed by atoms with Gasteiger partial charge in [-0.15, -0.1) is 0 Å². The van der Waals surface area contributed by atoms with Crippen molar-refractivity contribution in [2.45, 2.75) is 63.8 Å². The lowest BCUT2D eigenvalue weighted by atomic mass is 9.96. The zero-order valence-corrected chi connectivity index (χ0v) is 14.7. The Labute approximate surface area is 148 Å². The smallest absolute Gasteiger partial charge is 0.225 e. The Hall–Kier alpha value is -2.17. The van der Waals surface area contributed by atoms with Crippen LogP contribution in [0.2, 0.25) is 0 Å². The summed E-state index contributed by atoms with van der Waals surface area (Å²) >= 11 is 0. The monoisotopic (exact) mass is 340 g/mol. The standard InChI is InChI=1S/C20H25FN4/c1-13-11-16(9-10-17(13)21)22-19-12-18(14-7-8-14)24-20(25-19)23-15-5-3-2-4-6-15/h9-12,14-15H,2-8H2,1H3,(H2,22,23,24,25). The van der Waals surface area contributed by atoms with Crippen molar-refractivity contribution in [2.24, 2.45) is 0 Å². The lowest BCUT2D eigenvalue weighted by Crippen LogP contribution is -2.23. The first-order chi connectivity index (χ1) is 12.2. The van der Waals surface area contributed by atoms with E-state index in [1.165, 1.54) is 51.0 Å². The van der Waals surface area contributed by atoms with Crippen LogP contribution in [-0.4, -0.2) is 16.0 Å². The molecule has 0 spiro atoms. The molecule has 4 rings (SSSR count). The van der Waals surface area contributed by atoms with Gasteiger partial charge in [0.2, 0.25) is 5.95 Å². The first-order valence-corrected chi connectivity index (χ1v) is 9.36. The summed E-state index contributed by atoms with van der Waals surface area (Å²) in [6.45, 7) is 1.77. The number of rotatable bonds is 5. The molecule has 2 aliphatic carbocycles. The number of aryl methyl sites for hydroxylation is 1. The number of aromatic nitrogens is 2. The van der Waals surface area contributed by atoms with Crippen molar-refractivity contribution in [3.8, 4) is 0 Å². The molecule has 1 aromatic heterocycles. The van der Waals surface area contributed by atoms with Crippen molar-refractivity contribution in [2.75, 3.05) is 10.6 Å². The van der Waals surface area contributed by atoms with Gasteiger partial charge in [0.05, 0.1) is 5.69 Å². The molecule has 0 unspecified atom stereocenters. The molecule has 4 nitrogen and oxygen atoms in total. The molecule has 2 saturated carbocycles. The lowest BCUT2D eigenvalue weighted by molar-refractivity contribution is 0.460. The minimum absolute atomic E-state index is 0.188. The lowest BCUT2D eigenvalue weighted by Gasteiger charge is -2.23. The maximum atomic E-state index is 13.5. The molecule has 5 heteroatoms. The molecule has 2 fully saturated rings. The minimum Gasteiger partial charge on any atom is -0.351 e. The highest BCUT2D eigenvalue weighted by atomic mass is 19.1. The Balaban J connectivity index is 1.56. The van der Waals surface area contributed by atoms with Gasteiger partial charge in [-0.1, -0.05) is 19.3 Å². The fourth-order valence-corrected chi connectivity index (χ4v) is 3.48. The summed E-state index contributed by atoms with van der Waals surface area (Å²) in [5.74, 6) is 1.87. The molecule has 2 N–H and O–H groups in total. The fraction of sp³-hybridized carbons (Fsp3) is 0.500. The van der Waals surface area contributed by atoms with E-state index in [0.717, 1.165) is 23.1 Å². The van der Waals surface area contributed by atoms with Crippen LogP contribution in [0.1, 0.15) is 62.1 Å². The molecule has 2 aliphatic rings. The van der Waals surface area contributed by atoms with E-state index in [2.05, 4.69) is 15.6 Å². The maximum absolute atomic E-state index is 13.5. The van der Waals surface area contributed by atoms with Crippen LogP contribution >= 0.6 is 0 Å². The zero-order valence-electron chi connectivity index (χ0n) is 14.7. The number of anilines is 3. The Morgan fingerprint density at radius 3 is 2.52 bits per heavy atom. The van der Waals surface area contributed by atoms with Crippen molar-refractivity contribution in [3.05, 3.63) is 41.3 Å². The average molecular weight is 340 g/mol. The van der Waals surface area contributed by atoms with Crippen molar-refractivity contribution < 1.29 is 4.39 Å². The first-order valence-electron chi connectivity index (χ1n) is 9.36. The topological polar surface area (TPSA) is 49.8 Å². The van der Waals surface area contributed by atoms with Crippen LogP contribution < -0.4 is 10.6 Å². The SMILES string of the molecule is Cc1cc(Nc2cc(C3CC3)nc(NC3CCCCC3)n2)ccc1F. The van der Waals surface area contributed by atoms with Crippen LogP contribution in [0.5, 0.6) is 0 Å². The van der Waals surface area contributed by atoms with Gasteiger partial charge in [0.25, 0.3) is 0 Å². The van der Waals surface area contributed by atoms with Crippen molar-refractivity contribution in [1.82, 2.24) is 9.97 Å². The summed E-state index contributed by atoms with van der Waals surface area (Å²) in [6, 6.07) is 7.55. The maximum Gasteiger partial charge on any atom is 0.225 e. The summed E-state index contributed by atoms with van der Waals surface area (Å²) in [6.07, 6.45) is 8.68. The molecule has 0 atom stereocenters. The second kappa shape index (κ2) is 6.98. The molecular weight excluding hydrogens is 315 g/mol. The quantitative estimate of drug-likeness (QED) is 0.776. The Kier molecular flexibility index (Phi) is 4.55. The van der Waals surface area contributed by atoms with E-state index in [9.17, 15) is 4.39 Å². The number of hydrogen-bond donors (Lipinski definition) is 2. The normalized spacial score (nSPS) is 18.2. The molecule has 0 aliphatic heterocycles. The van der Waals surface area contributed by atoms with Gasteiger partial charge in [-0.3, -0.25) is 0 Å². The van der Waals surface area contributed by atoms with Gasteiger partial charge in [-0.25, -0.2) is 9.37 Å². The summed E-state index contributed by atoms with van der Waals surface area (Å²) in [7, 11) is 0. The molecular formula is C20H25FN4. The number of nitrogens with zero attached hydrogens (tertiary/aromatic N) is 2. The van der Waals surface area contributed by atoms with E-state index in [1.807, 2.05) is 12.1 Å². The predicted molar refractivity (Wildman–Crippen MR) is 98.9 cm³/mol. The second-order valence-electron chi connectivity index (χ2n) is 7.34. The highest BCUT2D eigenvalue weighted by Gasteiger charge is 2.26. The van der Waals surface area contributed by atoms with Gasteiger partial charge >= 0.3 is 0 Å². The van der Waals surface area contributed by atoms with E-state index in [0.29, 0.717) is 17.5 Å². The number of hydrogen-bond acceptors (Lipinski definition) is 4. The minimum atomic E-state index is -0.188. The van der Waals surface area contributed by atoms with Crippen LogP contribution in [-0.2, 0) is 0 Å². The van der Waals surface area contributed by atoms with Crippen LogP contribution in [0.4, 0.5) is 21.8 Å². The first kappa shape index (κ1) is 16.3. The van der Waals surface area contributed by atoms with E-state index < -0.39 is 0 Å². The third-order valence-corrected chi connectivity index (χ3v) is 5.11. The Morgan fingerprint density at radius 2 is 1.80 bits per heavy atom. The molecule has 0 amide bonds. The molecule has 25 heavy (non-hydrogen) atoms. The predicted octanol–water partition coefficient (Wildman–Crippen LogP) is 5.29. The van der Waals surface area contributed by atoms with Gasteiger partial charge in [0, 0.05) is 23.7 Å². The highest BCUT2D eigenvalue weighted by molar-refractivity contribution is 5.59. The molecule has 1 aromatic carbocycles. The van der Waals surface area contributed by atoms with Gasteiger partial charge < -0.3 is 10.6 Å². The third-order valence-electron chi connectivity index (χ3n) is 5.11. The molecule has 0 radical (unpaired) electrons. The molecule has 132 valence electrons. The van der Waals surface area contributed by atoms with E-state index in [4.69, 9.17) is 4.98 Å². The number of halogens is 1. The third kappa shape index (κ3) is 4.09. The van der Waals surface area contributed by atoms with Crippen LogP contribution in [0, 0.1) is 12.7 Å². The van der Waals surface area contributed by atoms with E-state index in [-0.39, 0.29) is 5.82 Å². The van der Waals surface area contributed by atoms with Gasteiger partial charge in [0.1, 0.15) is 11.6 Å². The number of benzene rings is 1. The Bertz CT molecular complexity index is 751. The molecule has 1 heterocycles. The zero-order chi connectivity index (χ0) is 17.2. The van der Waals surface area contributed by atoms with Crippen molar-refractivity contribution in [3.63, 3.8) is 0 Å². The van der Waals surface area contributed by atoms with Gasteiger partial charge in [-0.2, -0.15) is 4.98 Å². The fourth-order valence-electron chi connectivity index (χ4n) is 3.48. The Morgan fingerprint density at radius 1 is 1.00 bits per heavy atom.